The van der Waals surface area contributed by atoms with Gasteiger partial charge in [0.2, 0.25) is 5.91 Å². The summed E-state index contributed by atoms with van der Waals surface area (Å²) in [4.78, 5) is 13.0. The lowest BCUT2D eigenvalue weighted by Crippen LogP contribution is -2.46. The summed E-state index contributed by atoms with van der Waals surface area (Å²) in [7, 11) is 0. The van der Waals surface area contributed by atoms with E-state index in [-0.39, 0.29) is 13.0 Å². The third-order valence-electron chi connectivity index (χ3n) is 3.75. The average molecular weight is 310 g/mol. The Hall–Kier alpha value is -0.820. The van der Waals surface area contributed by atoms with Gasteiger partial charge in [-0.15, -0.1) is 0 Å². The number of carbonyl (C=O) groups is 1. The Kier molecular flexibility index (Phi) is 6.93. The first kappa shape index (κ1) is 18.2. The molecule has 4 nitrogen and oxygen atoms in total. The van der Waals surface area contributed by atoms with Crippen LogP contribution in [0.1, 0.15) is 45.4 Å². The van der Waals surface area contributed by atoms with Crippen molar-refractivity contribution >= 4 is 5.91 Å². The van der Waals surface area contributed by atoms with Crippen molar-refractivity contribution in [2.45, 2.75) is 57.2 Å². The van der Waals surface area contributed by atoms with Crippen molar-refractivity contribution in [1.82, 2.24) is 4.90 Å². The normalized spacial score (nSPS) is 18.0. The van der Waals surface area contributed by atoms with Crippen LogP contribution in [0.25, 0.3) is 0 Å². The van der Waals surface area contributed by atoms with Crippen LogP contribution in [0.2, 0.25) is 0 Å². The molecular formula is C14H25F3N2O2. The van der Waals surface area contributed by atoms with Gasteiger partial charge in [-0.1, -0.05) is 12.8 Å². The van der Waals surface area contributed by atoms with E-state index >= 15 is 0 Å². The van der Waals surface area contributed by atoms with Gasteiger partial charge in [-0.2, -0.15) is 13.2 Å². The molecule has 0 aromatic rings. The minimum absolute atomic E-state index is 0.00227. The summed E-state index contributed by atoms with van der Waals surface area (Å²) in [5, 5.41) is 0. The van der Waals surface area contributed by atoms with Gasteiger partial charge in [0.25, 0.3) is 0 Å². The van der Waals surface area contributed by atoms with E-state index in [2.05, 4.69) is 0 Å². The average Bonchev–Trinajstić information content (AvgIpc) is 2.78. The maximum atomic E-state index is 12.6. The molecule has 1 aliphatic carbocycles. The monoisotopic (exact) mass is 310 g/mol. The van der Waals surface area contributed by atoms with Crippen LogP contribution in [-0.4, -0.2) is 48.8 Å². The maximum absolute atomic E-state index is 12.6. The molecule has 21 heavy (non-hydrogen) atoms. The van der Waals surface area contributed by atoms with Gasteiger partial charge in [-0.25, -0.2) is 0 Å². The lowest BCUT2D eigenvalue weighted by Gasteiger charge is -2.29. The lowest BCUT2D eigenvalue weighted by atomic mass is 9.94. The molecule has 0 aliphatic heterocycles. The van der Waals surface area contributed by atoms with Crippen molar-refractivity contribution in [1.29, 1.82) is 0 Å². The van der Waals surface area contributed by atoms with Gasteiger partial charge < -0.3 is 15.4 Å². The second-order valence-electron chi connectivity index (χ2n) is 5.73. The molecule has 0 unspecified atom stereocenters. The van der Waals surface area contributed by atoms with Crippen LogP contribution >= 0.6 is 0 Å². The number of nitrogens with zero attached hydrogens (tertiary/aromatic N) is 1. The number of halogens is 3. The molecule has 0 bridgehead atoms. The van der Waals surface area contributed by atoms with Gasteiger partial charge in [0, 0.05) is 31.7 Å². The molecule has 1 amide bonds. The SMILES string of the molecule is CCOCCCN(CC(F)(F)F)C(=O)CC1(N)CCCC1. The summed E-state index contributed by atoms with van der Waals surface area (Å²) < 4.78 is 42.9. The minimum Gasteiger partial charge on any atom is -0.382 e. The fraction of sp³-hybridized carbons (Fsp3) is 0.929. The largest absolute Gasteiger partial charge is 0.406 e. The molecule has 1 aliphatic rings. The summed E-state index contributed by atoms with van der Waals surface area (Å²) in [6.07, 6.45) is -0.709. The van der Waals surface area contributed by atoms with E-state index in [1.165, 1.54) is 0 Å². The predicted molar refractivity (Wildman–Crippen MR) is 73.7 cm³/mol. The van der Waals surface area contributed by atoms with E-state index in [4.69, 9.17) is 10.5 Å². The quantitative estimate of drug-likeness (QED) is 0.701. The van der Waals surface area contributed by atoms with Crippen molar-refractivity contribution in [3.63, 3.8) is 0 Å². The molecule has 1 saturated carbocycles. The zero-order valence-corrected chi connectivity index (χ0v) is 12.5. The van der Waals surface area contributed by atoms with Crippen molar-refractivity contribution in [3.8, 4) is 0 Å². The Morgan fingerprint density at radius 1 is 1.33 bits per heavy atom. The van der Waals surface area contributed by atoms with Gasteiger partial charge in [0.05, 0.1) is 0 Å². The smallest absolute Gasteiger partial charge is 0.382 e. The number of hydrogen-bond donors (Lipinski definition) is 1. The number of alkyl halides is 3. The second kappa shape index (κ2) is 7.98. The maximum Gasteiger partial charge on any atom is 0.406 e. The molecular weight excluding hydrogens is 285 g/mol. The zero-order chi connectivity index (χ0) is 15.9. The third-order valence-corrected chi connectivity index (χ3v) is 3.75. The highest BCUT2D eigenvalue weighted by atomic mass is 19.4. The van der Waals surface area contributed by atoms with Gasteiger partial charge in [0.15, 0.2) is 0 Å². The third kappa shape index (κ3) is 7.13. The Balaban J connectivity index is 2.54. The molecule has 2 N–H and O–H groups in total. The van der Waals surface area contributed by atoms with Crippen LogP contribution in [0, 0.1) is 0 Å². The van der Waals surface area contributed by atoms with E-state index in [1.54, 1.807) is 0 Å². The van der Waals surface area contributed by atoms with Gasteiger partial charge in [-0.3, -0.25) is 4.79 Å². The number of hydrogen-bond acceptors (Lipinski definition) is 3. The molecule has 0 aromatic carbocycles. The van der Waals surface area contributed by atoms with Crippen LogP contribution in [0.3, 0.4) is 0 Å². The molecule has 0 atom stereocenters. The molecule has 0 aromatic heterocycles. The van der Waals surface area contributed by atoms with E-state index < -0.39 is 24.2 Å². The fourth-order valence-electron chi connectivity index (χ4n) is 2.68. The van der Waals surface area contributed by atoms with Crippen LogP contribution in [0.4, 0.5) is 13.2 Å². The minimum atomic E-state index is -4.39. The van der Waals surface area contributed by atoms with Crippen molar-refractivity contribution in [2.75, 3.05) is 26.3 Å². The molecule has 1 rings (SSSR count). The first-order valence-corrected chi connectivity index (χ1v) is 7.47. The van der Waals surface area contributed by atoms with Gasteiger partial charge in [0.1, 0.15) is 6.54 Å². The number of nitrogens with two attached hydrogens (primary N) is 1. The standard InChI is InChI=1S/C14H25F3N2O2/c1-2-21-9-5-8-19(11-14(15,16)17)12(20)10-13(18)6-3-4-7-13/h2-11,18H2,1H3. The fourth-order valence-corrected chi connectivity index (χ4v) is 2.68. The first-order valence-electron chi connectivity index (χ1n) is 7.47. The van der Waals surface area contributed by atoms with Crippen molar-refractivity contribution in [2.24, 2.45) is 5.73 Å². The molecule has 0 radical (unpaired) electrons. The number of amides is 1. The molecule has 0 spiro atoms. The zero-order valence-electron chi connectivity index (χ0n) is 12.5. The summed E-state index contributed by atoms with van der Waals surface area (Å²) in [6.45, 7) is 1.52. The van der Waals surface area contributed by atoms with E-state index in [9.17, 15) is 18.0 Å². The van der Waals surface area contributed by atoms with Crippen LogP contribution < -0.4 is 5.73 Å². The van der Waals surface area contributed by atoms with E-state index in [0.29, 0.717) is 32.5 Å². The molecule has 1 fully saturated rings. The number of carbonyl (C=O) groups excluding carboxylic acids is 1. The Labute approximate surface area is 123 Å². The van der Waals surface area contributed by atoms with Crippen molar-refractivity contribution in [3.05, 3.63) is 0 Å². The number of rotatable bonds is 8. The first-order chi connectivity index (χ1) is 9.76. The summed E-state index contributed by atoms with van der Waals surface area (Å²) in [5.74, 6) is -0.506. The van der Waals surface area contributed by atoms with Crippen LogP contribution in [0.5, 0.6) is 0 Å². The summed E-state index contributed by atoms with van der Waals surface area (Å²) in [6, 6.07) is 0. The molecule has 0 heterocycles. The molecule has 124 valence electrons. The Bertz CT molecular complexity index is 329. The van der Waals surface area contributed by atoms with E-state index in [0.717, 1.165) is 17.7 Å². The highest BCUT2D eigenvalue weighted by Gasteiger charge is 2.37. The van der Waals surface area contributed by atoms with Crippen molar-refractivity contribution < 1.29 is 22.7 Å². The lowest BCUT2D eigenvalue weighted by molar-refractivity contribution is -0.162. The van der Waals surface area contributed by atoms with Gasteiger partial charge >= 0.3 is 6.18 Å². The van der Waals surface area contributed by atoms with E-state index in [1.807, 2.05) is 6.92 Å². The summed E-state index contributed by atoms with van der Waals surface area (Å²) >= 11 is 0. The Morgan fingerprint density at radius 3 is 2.48 bits per heavy atom. The van der Waals surface area contributed by atoms with Crippen LogP contribution in [-0.2, 0) is 9.53 Å². The molecule has 0 saturated heterocycles. The second-order valence-corrected chi connectivity index (χ2v) is 5.73. The highest BCUT2D eigenvalue weighted by molar-refractivity contribution is 5.77. The number of ether oxygens (including phenoxy) is 1. The predicted octanol–water partition coefficient (Wildman–Crippen LogP) is 2.47. The Morgan fingerprint density at radius 2 is 1.95 bits per heavy atom. The topological polar surface area (TPSA) is 55.6 Å². The van der Waals surface area contributed by atoms with Gasteiger partial charge in [-0.05, 0) is 26.2 Å². The van der Waals surface area contributed by atoms with Crippen LogP contribution in [0.15, 0.2) is 0 Å². The molecule has 7 heteroatoms. The highest BCUT2D eigenvalue weighted by Crippen LogP contribution is 2.31. The summed E-state index contributed by atoms with van der Waals surface area (Å²) in [5.41, 5.74) is 5.46.